The van der Waals surface area contributed by atoms with Gasteiger partial charge in [-0.05, 0) is 48.0 Å². The van der Waals surface area contributed by atoms with Crippen molar-refractivity contribution in [1.29, 1.82) is 0 Å². The van der Waals surface area contributed by atoms with Crippen LogP contribution in [0.1, 0.15) is 33.1 Å². The summed E-state index contributed by atoms with van der Waals surface area (Å²) in [7, 11) is 1.73. The predicted octanol–water partition coefficient (Wildman–Crippen LogP) is 5.59. The number of carbonyl (C=O) groups is 1. The molecule has 3 heterocycles. The molecule has 1 amide bonds. The first-order chi connectivity index (χ1) is 19.1. The second kappa shape index (κ2) is 9.19. The van der Waals surface area contributed by atoms with Gasteiger partial charge in [-0.25, -0.2) is 4.98 Å². The van der Waals surface area contributed by atoms with Crippen LogP contribution >= 0.6 is 0 Å². The number of fused-ring (bicyclic) bond motifs is 3. The molecule has 0 bridgehead atoms. The first-order valence-electron chi connectivity index (χ1n) is 12.1. The quantitative estimate of drug-likeness (QED) is 0.217. The molecular weight excluding hydrogens is 525 g/mol. The summed E-state index contributed by atoms with van der Waals surface area (Å²) in [4.78, 5) is 17.3. The fraction of sp³-hybridized carbons (Fsp3) is 0.107. The van der Waals surface area contributed by atoms with Gasteiger partial charge < -0.3 is 15.5 Å². The van der Waals surface area contributed by atoms with Gasteiger partial charge in [-0.3, -0.25) is 19.9 Å². The number of nitrogens with zero attached hydrogens (tertiary/aromatic N) is 4. The molecule has 12 heteroatoms. The number of carbonyl (C=O) groups excluding carboxylic acids is 1. The molecule has 0 aliphatic carbocycles. The number of nitrogens with one attached hydrogen (secondary N) is 2. The molecule has 0 saturated heterocycles. The number of rotatable bonds is 4. The number of hydrazine groups is 1. The van der Waals surface area contributed by atoms with Crippen molar-refractivity contribution in [2.45, 2.75) is 12.2 Å². The van der Waals surface area contributed by atoms with Crippen LogP contribution in [0.2, 0.25) is 0 Å². The number of pyridine rings is 1. The molecule has 202 valence electrons. The molecule has 4 N–H and O–H groups in total. The standard InChI is InChI=1S/C28H21F3N6O3/c1-36-26-19(14-33-36)24-18(13-32-26)25(15-5-4-6-17(11-15)28(29,30)31)37(35-24)21-10-9-16(12-23(21)39)27(40)34-20-7-2-3-8-22(20)38/h2-14,25,35,38-39H,1H3,(H,34,40). The summed E-state index contributed by atoms with van der Waals surface area (Å²) in [6.45, 7) is 0. The Morgan fingerprint density at radius 3 is 2.55 bits per heavy atom. The number of phenolic OH excluding ortho intramolecular Hbond substituents is 2. The maximum atomic E-state index is 13.6. The molecule has 0 radical (unpaired) electrons. The van der Waals surface area contributed by atoms with E-state index in [0.29, 0.717) is 27.8 Å². The number of hydrogen-bond donors (Lipinski definition) is 4. The van der Waals surface area contributed by atoms with Crippen LogP contribution in [0.5, 0.6) is 11.5 Å². The summed E-state index contributed by atoms with van der Waals surface area (Å²) in [6.07, 6.45) is -1.37. The highest BCUT2D eigenvalue weighted by atomic mass is 19.4. The zero-order valence-electron chi connectivity index (χ0n) is 20.8. The van der Waals surface area contributed by atoms with Crippen LogP contribution < -0.4 is 15.8 Å². The number of alkyl halides is 3. The van der Waals surface area contributed by atoms with Gasteiger partial charge in [-0.2, -0.15) is 18.3 Å². The van der Waals surface area contributed by atoms with E-state index >= 15 is 0 Å². The fourth-order valence-corrected chi connectivity index (χ4v) is 4.82. The number of halogens is 3. The number of aryl methyl sites for hydroxylation is 1. The summed E-state index contributed by atoms with van der Waals surface area (Å²) < 4.78 is 42.4. The molecule has 5 aromatic rings. The van der Waals surface area contributed by atoms with E-state index in [0.717, 1.165) is 12.1 Å². The zero-order valence-corrected chi connectivity index (χ0v) is 20.8. The van der Waals surface area contributed by atoms with Gasteiger partial charge in [0.05, 0.1) is 28.5 Å². The van der Waals surface area contributed by atoms with Crippen molar-refractivity contribution < 1.29 is 28.2 Å². The van der Waals surface area contributed by atoms with E-state index in [1.54, 1.807) is 42.3 Å². The molecule has 6 rings (SSSR count). The second-order valence-electron chi connectivity index (χ2n) is 9.28. The molecule has 40 heavy (non-hydrogen) atoms. The minimum atomic E-state index is -4.55. The SMILES string of the molecule is Cn1ncc2c3c(cnc21)C(c1cccc(C(F)(F)F)c1)N(c1ccc(C(=O)Nc2ccccc2O)cc1O)N3. The molecule has 1 unspecified atom stereocenters. The smallest absolute Gasteiger partial charge is 0.416 e. The third-order valence-electron chi connectivity index (χ3n) is 6.76. The van der Waals surface area contributed by atoms with Crippen LogP contribution in [0.3, 0.4) is 0 Å². The highest BCUT2D eigenvalue weighted by Gasteiger charge is 2.37. The Balaban J connectivity index is 1.42. The Morgan fingerprint density at radius 2 is 1.80 bits per heavy atom. The van der Waals surface area contributed by atoms with Gasteiger partial charge in [0, 0.05) is 24.4 Å². The van der Waals surface area contributed by atoms with E-state index in [-0.39, 0.29) is 28.4 Å². The monoisotopic (exact) mass is 546 g/mol. The van der Waals surface area contributed by atoms with Gasteiger partial charge in [-0.15, -0.1) is 0 Å². The molecule has 9 nitrogen and oxygen atoms in total. The maximum Gasteiger partial charge on any atom is 0.416 e. The summed E-state index contributed by atoms with van der Waals surface area (Å²) in [5.41, 5.74) is 4.97. The molecule has 1 atom stereocenters. The van der Waals surface area contributed by atoms with Crippen molar-refractivity contribution in [3.05, 3.63) is 101 Å². The van der Waals surface area contributed by atoms with Crippen molar-refractivity contribution in [3.63, 3.8) is 0 Å². The largest absolute Gasteiger partial charge is 0.506 e. The van der Waals surface area contributed by atoms with Crippen LogP contribution in [-0.4, -0.2) is 30.9 Å². The second-order valence-corrected chi connectivity index (χ2v) is 9.28. The van der Waals surface area contributed by atoms with Crippen LogP contribution in [0, 0.1) is 0 Å². The van der Waals surface area contributed by atoms with Gasteiger partial charge >= 0.3 is 6.18 Å². The lowest BCUT2D eigenvalue weighted by atomic mass is 9.97. The number of amides is 1. The number of anilines is 3. The van der Waals surface area contributed by atoms with Crippen LogP contribution in [0.25, 0.3) is 11.0 Å². The molecule has 0 fully saturated rings. The van der Waals surface area contributed by atoms with Crippen molar-refractivity contribution in [2.24, 2.45) is 7.05 Å². The Bertz CT molecular complexity index is 1790. The molecule has 1 aliphatic heterocycles. The normalized spacial score (nSPS) is 14.7. The third kappa shape index (κ3) is 4.19. The van der Waals surface area contributed by atoms with Crippen LogP contribution in [0.15, 0.2) is 79.1 Å². The van der Waals surface area contributed by atoms with Crippen molar-refractivity contribution in [3.8, 4) is 11.5 Å². The minimum absolute atomic E-state index is 0.105. The van der Waals surface area contributed by atoms with Gasteiger partial charge in [0.25, 0.3) is 5.91 Å². The van der Waals surface area contributed by atoms with Gasteiger partial charge in [0.15, 0.2) is 5.65 Å². The predicted molar refractivity (Wildman–Crippen MR) is 142 cm³/mol. The Labute approximate surface area is 225 Å². The summed E-state index contributed by atoms with van der Waals surface area (Å²) >= 11 is 0. The highest BCUT2D eigenvalue weighted by molar-refractivity contribution is 6.05. The van der Waals surface area contributed by atoms with Crippen molar-refractivity contribution in [2.75, 3.05) is 15.8 Å². The summed E-state index contributed by atoms with van der Waals surface area (Å²) in [5, 5.41) is 30.0. The van der Waals surface area contributed by atoms with Gasteiger partial charge in [0.1, 0.15) is 23.2 Å². The van der Waals surface area contributed by atoms with E-state index in [9.17, 15) is 28.2 Å². The lowest BCUT2D eigenvalue weighted by Gasteiger charge is -2.28. The maximum absolute atomic E-state index is 13.6. The average molecular weight is 547 g/mol. The average Bonchev–Trinajstić information content (AvgIpc) is 3.50. The number of hydrogen-bond acceptors (Lipinski definition) is 7. The van der Waals surface area contributed by atoms with E-state index in [4.69, 9.17) is 0 Å². The minimum Gasteiger partial charge on any atom is -0.506 e. The van der Waals surface area contributed by atoms with Crippen molar-refractivity contribution in [1.82, 2.24) is 14.8 Å². The Hall–Kier alpha value is -5.26. The number of aromatic hydroxyl groups is 2. The van der Waals surface area contributed by atoms with Gasteiger partial charge in [0.2, 0.25) is 0 Å². The molecule has 0 spiro atoms. The number of para-hydroxylation sites is 2. The number of phenols is 2. The van der Waals surface area contributed by atoms with Gasteiger partial charge in [-0.1, -0.05) is 24.3 Å². The molecule has 2 aromatic heterocycles. The van der Waals surface area contributed by atoms with E-state index in [1.807, 2.05) is 0 Å². The van der Waals surface area contributed by atoms with Crippen LogP contribution in [-0.2, 0) is 13.2 Å². The first kappa shape index (κ1) is 25.0. The molecule has 0 saturated carbocycles. The molecular formula is C28H21F3N6O3. The Kier molecular flexibility index (Phi) is 5.75. The summed E-state index contributed by atoms with van der Waals surface area (Å²) in [5.74, 6) is -0.982. The third-order valence-corrected chi connectivity index (χ3v) is 6.76. The topological polar surface area (TPSA) is 116 Å². The summed E-state index contributed by atoms with van der Waals surface area (Å²) in [6, 6.07) is 14.6. The number of benzene rings is 3. The molecule has 3 aromatic carbocycles. The lowest BCUT2D eigenvalue weighted by Crippen LogP contribution is -2.29. The highest BCUT2D eigenvalue weighted by Crippen LogP contribution is 2.47. The number of aromatic nitrogens is 3. The lowest BCUT2D eigenvalue weighted by molar-refractivity contribution is -0.137. The van der Waals surface area contributed by atoms with E-state index in [1.165, 1.54) is 41.4 Å². The Morgan fingerprint density at radius 1 is 1.00 bits per heavy atom. The van der Waals surface area contributed by atoms with Crippen molar-refractivity contribution >= 4 is 34.0 Å². The zero-order chi connectivity index (χ0) is 28.2. The van der Waals surface area contributed by atoms with E-state index in [2.05, 4.69) is 20.8 Å². The van der Waals surface area contributed by atoms with E-state index < -0.39 is 23.7 Å². The molecule has 1 aliphatic rings. The van der Waals surface area contributed by atoms with Crippen LogP contribution in [0.4, 0.5) is 30.2 Å². The fourth-order valence-electron chi connectivity index (χ4n) is 4.82. The first-order valence-corrected chi connectivity index (χ1v) is 12.1.